The average Bonchev–Trinajstić information content (AvgIpc) is 2.60. The molecule has 0 bridgehead atoms. The van der Waals surface area contributed by atoms with E-state index in [4.69, 9.17) is 0 Å². The van der Waals surface area contributed by atoms with E-state index in [0.717, 1.165) is 16.1 Å². The fourth-order valence-corrected chi connectivity index (χ4v) is 2.98. The van der Waals surface area contributed by atoms with E-state index < -0.39 is 21.7 Å². The summed E-state index contributed by atoms with van der Waals surface area (Å²) in [7, 11) is -3.55. The summed E-state index contributed by atoms with van der Waals surface area (Å²) in [5.41, 5.74) is 3.41. The van der Waals surface area contributed by atoms with E-state index in [1.807, 2.05) is 30.3 Å². The molecule has 1 amide bonds. The number of benzene rings is 2. The van der Waals surface area contributed by atoms with Crippen LogP contribution in [0.2, 0.25) is 0 Å². The number of nitrogens with one attached hydrogen (secondary N) is 1. The van der Waals surface area contributed by atoms with Crippen molar-refractivity contribution in [2.45, 2.75) is 6.42 Å². The SMILES string of the molecule is CS(=O)(=O)N(CCc1ccccc1)CC(=O)NN=Cc1ccccc1F. The van der Waals surface area contributed by atoms with Gasteiger partial charge in [-0.3, -0.25) is 4.79 Å². The van der Waals surface area contributed by atoms with Crippen molar-refractivity contribution in [3.8, 4) is 0 Å². The van der Waals surface area contributed by atoms with Crippen molar-refractivity contribution < 1.29 is 17.6 Å². The lowest BCUT2D eigenvalue weighted by Crippen LogP contribution is -2.40. The van der Waals surface area contributed by atoms with Gasteiger partial charge in [0.15, 0.2) is 0 Å². The van der Waals surface area contributed by atoms with Crippen molar-refractivity contribution in [1.29, 1.82) is 0 Å². The van der Waals surface area contributed by atoms with Crippen LogP contribution in [-0.4, -0.2) is 44.2 Å². The Bertz CT molecular complexity index is 870. The lowest BCUT2D eigenvalue weighted by Gasteiger charge is -2.18. The summed E-state index contributed by atoms with van der Waals surface area (Å²) in [5, 5.41) is 3.67. The van der Waals surface area contributed by atoms with E-state index in [-0.39, 0.29) is 18.7 Å². The summed E-state index contributed by atoms with van der Waals surface area (Å²) >= 11 is 0. The van der Waals surface area contributed by atoms with Gasteiger partial charge in [-0.15, -0.1) is 0 Å². The number of hydrogen-bond acceptors (Lipinski definition) is 4. The molecule has 1 N–H and O–H groups in total. The number of hydrogen-bond donors (Lipinski definition) is 1. The molecule has 8 heteroatoms. The second-order valence-electron chi connectivity index (χ2n) is 5.65. The Morgan fingerprint density at radius 2 is 1.81 bits per heavy atom. The van der Waals surface area contributed by atoms with E-state index >= 15 is 0 Å². The van der Waals surface area contributed by atoms with Crippen LogP contribution in [0.1, 0.15) is 11.1 Å². The minimum absolute atomic E-state index is 0.174. The molecule has 0 heterocycles. The van der Waals surface area contributed by atoms with Crippen LogP contribution in [-0.2, 0) is 21.2 Å². The third-order valence-electron chi connectivity index (χ3n) is 3.58. The zero-order valence-electron chi connectivity index (χ0n) is 14.3. The van der Waals surface area contributed by atoms with Gasteiger partial charge in [0, 0.05) is 12.1 Å². The molecule has 2 aromatic carbocycles. The Morgan fingerprint density at radius 1 is 1.15 bits per heavy atom. The topological polar surface area (TPSA) is 78.8 Å². The molecule has 0 aromatic heterocycles. The Hall–Kier alpha value is -2.58. The molecule has 0 fully saturated rings. The smallest absolute Gasteiger partial charge is 0.255 e. The Labute approximate surface area is 152 Å². The lowest BCUT2D eigenvalue weighted by molar-refractivity contribution is -0.121. The van der Waals surface area contributed by atoms with E-state index in [1.165, 1.54) is 18.3 Å². The van der Waals surface area contributed by atoms with Crippen LogP contribution in [0.15, 0.2) is 59.7 Å². The third-order valence-corrected chi connectivity index (χ3v) is 4.83. The lowest BCUT2D eigenvalue weighted by atomic mass is 10.1. The molecule has 26 heavy (non-hydrogen) atoms. The predicted octanol–water partition coefficient (Wildman–Crippen LogP) is 1.78. The van der Waals surface area contributed by atoms with Gasteiger partial charge in [0.05, 0.1) is 19.0 Å². The van der Waals surface area contributed by atoms with Gasteiger partial charge in [-0.2, -0.15) is 9.41 Å². The second kappa shape index (κ2) is 9.21. The Kier molecular flexibility index (Phi) is 6.99. The van der Waals surface area contributed by atoms with Crippen molar-refractivity contribution in [3.05, 3.63) is 71.5 Å². The van der Waals surface area contributed by atoms with Gasteiger partial charge in [-0.05, 0) is 18.1 Å². The van der Waals surface area contributed by atoms with Crippen LogP contribution in [0.4, 0.5) is 4.39 Å². The fourth-order valence-electron chi connectivity index (χ4n) is 2.21. The normalized spacial score (nSPS) is 11.8. The number of rotatable bonds is 8. The van der Waals surface area contributed by atoms with Crippen LogP contribution in [0.3, 0.4) is 0 Å². The van der Waals surface area contributed by atoms with Crippen molar-refractivity contribution in [2.75, 3.05) is 19.3 Å². The quantitative estimate of drug-likeness (QED) is 0.563. The van der Waals surface area contributed by atoms with Gasteiger partial charge in [0.2, 0.25) is 10.0 Å². The maximum absolute atomic E-state index is 13.5. The molecular weight excluding hydrogens is 357 g/mol. The number of hydrazone groups is 1. The molecule has 138 valence electrons. The maximum atomic E-state index is 13.5. The van der Waals surface area contributed by atoms with E-state index in [9.17, 15) is 17.6 Å². The van der Waals surface area contributed by atoms with Crippen molar-refractivity contribution in [3.63, 3.8) is 0 Å². The summed E-state index contributed by atoms with van der Waals surface area (Å²) in [6.45, 7) is -0.187. The number of carbonyl (C=O) groups excluding carboxylic acids is 1. The van der Waals surface area contributed by atoms with Gasteiger partial charge in [0.25, 0.3) is 5.91 Å². The standard InChI is InChI=1S/C18H20FN3O3S/c1-26(24,25)22(12-11-15-7-3-2-4-8-15)14-18(23)21-20-13-16-9-5-6-10-17(16)19/h2-10,13H,11-12,14H2,1H3,(H,21,23). The van der Waals surface area contributed by atoms with Crippen molar-refractivity contribution in [2.24, 2.45) is 5.10 Å². The summed E-state index contributed by atoms with van der Waals surface area (Å²) < 4.78 is 38.3. The number of carbonyl (C=O) groups is 1. The highest BCUT2D eigenvalue weighted by atomic mass is 32.2. The minimum atomic E-state index is -3.55. The maximum Gasteiger partial charge on any atom is 0.255 e. The molecule has 0 unspecified atom stereocenters. The van der Waals surface area contributed by atoms with E-state index in [0.29, 0.717) is 6.42 Å². The van der Waals surface area contributed by atoms with Crippen LogP contribution >= 0.6 is 0 Å². The highest BCUT2D eigenvalue weighted by molar-refractivity contribution is 7.88. The monoisotopic (exact) mass is 377 g/mol. The summed E-state index contributed by atoms with van der Waals surface area (Å²) in [5.74, 6) is -1.07. The zero-order chi connectivity index (χ0) is 19.0. The number of halogens is 1. The van der Waals surface area contributed by atoms with Gasteiger partial charge < -0.3 is 0 Å². The van der Waals surface area contributed by atoms with E-state index in [1.54, 1.807) is 12.1 Å². The molecular formula is C18H20FN3O3S. The Morgan fingerprint density at radius 3 is 2.46 bits per heavy atom. The van der Waals surface area contributed by atoms with Crippen molar-refractivity contribution in [1.82, 2.24) is 9.73 Å². The fraction of sp³-hybridized carbons (Fsp3) is 0.222. The number of nitrogens with zero attached hydrogens (tertiary/aromatic N) is 2. The van der Waals surface area contributed by atoms with Crippen LogP contribution in [0, 0.1) is 5.82 Å². The van der Waals surface area contributed by atoms with Gasteiger partial charge in [-0.25, -0.2) is 18.2 Å². The molecule has 0 aliphatic rings. The van der Waals surface area contributed by atoms with Crippen molar-refractivity contribution >= 4 is 22.1 Å². The molecule has 0 aliphatic heterocycles. The van der Waals surface area contributed by atoms with Crippen LogP contribution < -0.4 is 5.43 Å². The molecule has 0 saturated carbocycles. The largest absolute Gasteiger partial charge is 0.272 e. The summed E-state index contributed by atoms with van der Waals surface area (Å²) in [6.07, 6.45) is 2.70. The highest BCUT2D eigenvalue weighted by Gasteiger charge is 2.19. The van der Waals surface area contributed by atoms with Gasteiger partial charge in [0.1, 0.15) is 5.82 Å². The molecule has 0 spiro atoms. The zero-order valence-corrected chi connectivity index (χ0v) is 15.1. The van der Waals surface area contributed by atoms with Crippen LogP contribution in [0.5, 0.6) is 0 Å². The highest BCUT2D eigenvalue weighted by Crippen LogP contribution is 2.05. The molecule has 0 atom stereocenters. The Balaban J connectivity index is 1.93. The first kappa shape index (κ1) is 19.7. The second-order valence-corrected chi connectivity index (χ2v) is 7.63. The van der Waals surface area contributed by atoms with Gasteiger partial charge in [-0.1, -0.05) is 48.5 Å². The first-order valence-electron chi connectivity index (χ1n) is 7.92. The number of amides is 1. The third kappa shape index (κ3) is 6.38. The summed E-state index contributed by atoms with van der Waals surface area (Å²) in [4.78, 5) is 12.0. The number of sulfonamides is 1. The molecule has 2 aromatic rings. The summed E-state index contributed by atoms with van der Waals surface area (Å²) in [6, 6.07) is 15.3. The molecule has 0 aliphatic carbocycles. The first-order valence-corrected chi connectivity index (χ1v) is 9.76. The van der Waals surface area contributed by atoms with Crippen LogP contribution in [0.25, 0.3) is 0 Å². The molecule has 2 rings (SSSR count). The molecule has 0 saturated heterocycles. The molecule has 0 radical (unpaired) electrons. The van der Waals surface area contributed by atoms with Gasteiger partial charge >= 0.3 is 0 Å². The molecule has 6 nitrogen and oxygen atoms in total. The van der Waals surface area contributed by atoms with E-state index in [2.05, 4.69) is 10.5 Å². The minimum Gasteiger partial charge on any atom is -0.272 e. The predicted molar refractivity (Wildman–Crippen MR) is 98.7 cm³/mol. The average molecular weight is 377 g/mol. The first-order chi connectivity index (χ1) is 12.4.